The second-order valence-electron chi connectivity index (χ2n) is 5.96. The largest absolute Gasteiger partial charge is 0.300 e. The van der Waals surface area contributed by atoms with Crippen molar-refractivity contribution in [2.75, 3.05) is 0 Å². The first-order chi connectivity index (χ1) is 10.7. The summed E-state index contributed by atoms with van der Waals surface area (Å²) in [4.78, 5) is 16.6. The molecule has 1 heterocycles. The summed E-state index contributed by atoms with van der Waals surface area (Å²) in [6, 6.07) is 12.6. The predicted molar refractivity (Wildman–Crippen MR) is 86.9 cm³/mol. The third kappa shape index (κ3) is 4.14. The van der Waals surface area contributed by atoms with Gasteiger partial charge in [0, 0.05) is 11.7 Å². The summed E-state index contributed by atoms with van der Waals surface area (Å²) in [6.07, 6.45) is 1.44. The van der Waals surface area contributed by atoms with E-state index in [0.29, 0.717) is 4.41 Å². The average molecular weight is 333 g/mol. The van der Waals surface area contributed by atoms with Crippen LogP contribution in [0.15, 0.2) is 59.6 Å². The molecule has 1 N–H and O–H groups in total. The summed E-state index contributed by atoms with van der Waals surface area (Å²) >= 11 is 0. The fraction of sp³-hybridized carbons (Fsp3) is 0.250. The standard InChI is InChI=1S/C16H19N3O3S/c1-16(2,3)18-19(15(20)14-11-7-8-12-17-14)23(21,22)13-9-5-4-6-10-13/h4-12,18H,1-3H3. The molecule has 1 aromatic heterocycles. The van der Waals surface area contributed by atoms with E-state index in [4.69, 9.17) is 0 Å². The number of carbonyl (C=O) groups is 1. The highest BCUT2D eigenvalue weighted by Crippen LogP contribution is 2.18. The van der Waals surface area contributed by atoms with Gasteiger partial charge in [0.05, 0.1) is 4.90 Å². The number of hydrazine groups is 1. The van der Waals surface area contributed by atoms with Crippen LogP contribution in [0, 0.1) is 0 Å². The van der Waals surface area contributed by atoms with Crippen LogP contribution in [0.4, 0.5) is 0 Å². The lowest BCUT2D eigenvalue weighted by Gasteiger charge is -2.30. The third-order valence-corrected chi connectivity index (χ3v) is 4.39. The number of hydrogen-bond donors (Lipinski definition) is 1. The second kappa shape index (κ2) is 6.47. The average Bonchev–Trinajstić information content (AvgIpc) is 2.53. The lowest BCUT2D eigenvalue weighted by molar-refractivity contribution is 0.0757. The summed E-state index contributed by atoms with van der Waals surface area (Å²) in [5, 5.41) is 0. The monoisotopic (exact) mass is 333 g/mol. The smallest absolute Gasteiger partial charge is 0.265 e. The molecule has 1 aromatic carbocycles. The van der Waals surface area contributed by atoms with Gasteiger partial charge in [0.25, 0.3) is 10.0 Å². The predicted octanol–water partition coefficient (Wildman–Crippen LogP) is 2.22. The van der Waals surface area contributed by atoms with Crippen LogP contribution in [0.25, 0.3) is 0 Å². The lowest BCUT2D eigenvalue weighted by Crippen LogP contribution is -2.54. The van der Waals surface area contributed by atoms with Crippen LogP contribution in [0.5, 0.6) is 0 Å². The van der Waals surface area contributed by atoms with Crippen molar-refractivity contribution in [2.24, 2.45) is 0 Å². The molecule has 6 nitrogen and oxygen atoms in total. The first-order valence-corrected chi connectivity index (χ1v) is 8.49. The van der Waals surface area contributed by atoms with E-state index in [1.807, 2.05) is 0 Å². The molecule has 2 aromatic rings. The Labute approximate surface area is 136 Å². The van der Waals surface area contributed by atoms with Gasteiger partial charge >= 0.3 is 5.91 Å². The van der Waals surface area contributed by atoms with E-state index >= 15 is 0 Å². The number of nitrogens with one attached hydrogen (secondary N) is 1. The first kappa shape index (κ1) is 17.1. The maximum Gasteiger partial charge on any atom is 0.300 e. The van der Waals surface area contributed by atoms with E-state index in [1.54, 1.807) is 51.1 Å². The van der Waals surface area contributed by atoms with Gasteiger partial charge in [0.15, 0.2) is 0 Å². The normalized spacial score (nSPS) is 12.0. The molecule has 0 aliphatic carbocycles. The van der Waals surface area contributed by atoms with E-state index in [0.717, 1.165) is 0 Å². The Bertz CT molecular complexity index is 769. The number of nitrogens with zero attached hydrogens (tertiary/aromatic N) is 2. The van der Waals surface area contributed by atoms with Crippen LogP contribution in [-0.4, -0.2) is 29.3 Å². The van der Waals surface area contributed by atoms with Crippen LogP contribution in [0.3, 0.4) is 0 Å². The highest BCUT2D eigenvalue weighted by molar-refractivity contribution is 7.89. The highest BCUT2D eigenvalue weighted by Gasteiger charge is 2.33. The van der Waals surface area contributed by atoms with Crippen LogP contribution < -0.4 is 5.43 Å². The lowest BCUT2D eigenvalue weighted by atomic mass is 10.1. The number of sulfonamides is 1. The van der Waals surface area contributed by atoms with Gasteiger partial charge in [-0.2, -0.15) is 12.8 Å². The van der Waals surface area contributed by atoms with Crippen LogP contribution >= 0.6 is 0 Å². The van der Waals surface area contributed by atoms with Crippen molar-refractivity contribution in [3.63, 3.8) is 0 Å². The number of amides is 1. The molecule has 0 atom stereocenters. The number of aromatic nitrogens is 1. The maximum absolute atomic E-state index is 12.8. The molecule has 1 amide bonds. The van der Waals surface area contributed by atoms with Gasteiger partial charge in [-0.05, 0) is 45.0 Å². The van der Waals surface area contributed by atoms with Gasteiger partial charge < -0.3 is 0 Å². The number of benzene rings is 1. The molecule has 0 saturated heterocycles. The van der Waals surface area contributed by atoms with Crippen molar-refractivity contribution in [1.82, 2.24) is 14.8 Å². The summed E-state index contributed by atoms with van der Waals surface area (Å²) in [5.41, 5.74) is 2.16. The molecule has 0 unspecified atom stereocenters. The quantitative estimate of drug-likeness (QED) is 0.868. The van der Waals surface area contributed by atoms with Gasteiger partial charge in [-0.25, -0.2) is 5.43 Å². The number of pyridine rings is 1. The van der Waals surface area contributed by atoms with Crippen molar-refractivity contribution in [3.8, 4) is 0 Å². The van der Waals surface area contributed by atoms with Gasteiger partial charge in [-0.15, -0.1) is 0 Å². The second-order valence-corrected chi connectivity index (χ2v) is 7.75. The van der Waals surface area contributed by atoms with E-state index in [-0.39, 0.29) is 10.6 Å². The molecule has 0 aliphatic heterocycles. The SMILES string of the molecule is CC(C)(C)NN(C(=O)c1ccccn1)S(=O)(=O)c1ccccc1. The van der Waals surface area contributed by atoms with Gasteiger partial charge in [0.1, 0.15) is 5.69 Å². The summed E-state index contributed by atoms with van der Waals surface area (Å²) in [7, 11) is -4.05. The first-order valence-electron chi connectivity index (χ1n) is 7.05. The van der Waals surface area contributed by atoms with E-state index < -0.39 is 21.5 Å². The molecule has 122 valence electrons. The summed E-state index contributed by atoms with van der Waals surface area (Å²) in [5.74, 6) is -0.732. The molecule has 0 aliphatic rings. The van der Waals surface area contributed by atoms with Crippen molar-refractivity contribution >= 4 is 15.9 Å². The topological polar surface area (TPSA) is 79.4 Å². The van der Waals surface area contributed by atoms with Crippen LogP contribution in [0.1, 0.15) is 31.3 Å². The number of hydrogen-bond acceptors (Lipinski definition) is 5. The minimum absolute atomic E-state index is 0.0287. The molecule has 0 bridgehead atoms. The number of rotatable bonds is 4. The van der Waals surface area contributed by atoms with Gasteiger partial charge in [0.2, 0.25) is 0 Å². The minimum Gasteiger partial charge on any atom is -0.265 e. The molecule has 7 heteroatoms. The molecule has 0 fully saturated rings. The van der Waals surface area contributed by atoms with Crippen LogP contribution in [0.2, 0.25) is 0 Å². The van der Waals surface area contributed by atoms with Crippen molar-refractivity contribution in [3.05, 3.63) is 60.4 Å². The molecular weight excluding hydrogens is 314 g/mol. The molecule has 0 radical (unpaired) electrons. The van der Waals surface area contributed by atoms with Crippen molar-refractivity contribution in [2.45, 2.75) is 31.2 Å². The Balaban J connectivity index is 2.49. The van der Waals surface area contributed by atoms with Crippen molar-refractivity contribution < 1.29 is 13.2 Å². The molecule has 0 spiro atoms. The molecular formula is C16H19N3O3S. The zero-order valence-corrected chi connectivity index (χ0v) is 14.0. The number of carbonyl (C=O) groups excluding carboxylic acids is 1. The Morgan fingerprint density at radius 3 is 2.17 bits per heavy atom. The van der Waals surface area contributed by atoms with E-state index in [2.05, 4.69) is 10.4 Å². The molecule has 23 heavy (non-hydrogen) atoms. The Morgan fingerprint density at radius 2 is 1.65 bits per heavy atom. The Kier molecular flexibility index (Phi) is 4.82. The van der Waals surface area contributed by atoms with Crippen molar-refractivity contribution in [1.29, 1.82) is 0 Å². The minimum atomic E-state index is -4.05. The van der Waals surface area contributed by atoms with Gasteiger partial charge in [-0.1, -0.05) is 24.3 Å². The van der Waals surface area contributed by atoms with E-state index in [1.165, 1.54) is 24.4 Å². The fourth-order valence-corrected chi connectivity index (χ4v) is 3.23. The summed E-state index contributed by atoms with van der Waals surface area (Å²) in [6.45, 7) is 5.31. The van der Waals surface area contributed by atoms with Crippen LogP contribution in [-0.2, 0) is 10.0 Å². The maximum atomic E-state index is 12.8. The van der Waals surface area contributed by atoms with Gasteiger partial charge in [-0.3, -0.25) is 9.78 Å². The highest BCUT2D eigenvalue weighted by atomic mass is 32.2. The third-order valence-electron chi connectivity index (χ3n) is 2.79. The van der Waals surface area contributed by atoms with E-state index in [9.17, 15) is 13.2 Å². The molecule has 2 rings (SSSR count). The zero-order valence-electron chi connectivity index (χ0n) is 13.2. The summed E-state index contributed by atoms with van der Waals surface area (Å²) < 4.78 is 26.3. The Hall–Kier alpha value is -2.25. The Morgan fingerprint density at radius 1 is 1.04 bits per heavy atom. The molecule has 0 saturated carbocycles. The fourth-order valence-electron chi connectivity index (χ4n) is 1.82. The zero-order chi connectivity index (χ0) is 17.1.